The van der Waals surface area contributed by atoms with Gasteiger partial charge in [-0.2, -0.15) is 0 Å². The van der Waals surface area contributed by atoms with Crippen molar-refractivity contribution in [3.05, 3.63) is 24.4 Å². The first-order valence-corrected chi connectivity index (χ1v) is 6.79. The van der Waals surface area contributed by atoms with Crippen LogP contribution in [0.15, 0.2) is 24.4 Å². The number of hydrogen-bond acceptors (Lipinski definition) is 3. The first kappa shape index (κ1) is 14.1. The molecule has 1 N–H and O–H groups in total. The highest BCUT2D eigenvalue weighted by molar-refractivity contribution is 5.76. The minimum absolute atomic E-state index is 0.0427. The molecule has 5 heteroatoms. The molecular formula is C14H23N3O2. The Labute approximate surface area is 114 Å². The molecule has 0 bridgehead atoms. The zero-order valence-corrected chi connectivity index (χ0v) is 11.8. The number of urea groups is 1. The second-order valence-corrected chi connectivity index (χ2v) is 5.62. The van der Waals surface area contributed by atoms with Crippen LogP contribution in [-0.2, 0) is 4.74 Å². The molecule has 0 atom stereocenters. The Balaban J connectivity index is 1.83. The van der Waals surface area contributed by atoms with Gasteiger partial charge >= 0.3 is 6.03 Å². The lowest BCUT2D eigenvalue weighted by molar-refractivity contribution is 0.0277. The van der Waals surface area contributed by atoms with E-state index >= 15 is 0 Å². The van der Waals surface area contributed by atoms with Gasteiger partial charge in [0.2, 0.25) is 0 Å². The van der Waals surface area contributed by atoms with Crippen LogP contribution in [0.5, 0.6) is 0 Å². The summed E-state index contributed by atoms with van der Waals surface area (Å²) in [4.78, 5) is 16.2. The molecule has 2 aliphatic heterocycles. The molecule has 0 radical (unpaired) electrons. The zero-order valence-electron chi connectivity index (χ0n) is 11.8. The lowest BCUT2D eigenvalue weighted by Gasteiger charge is -2.36. The molecule has 1 saturated heterocycles. The fraction of sp³-hybridized carbons (Fsp3) is 0.643. The average molecular weight is 265 g/mol. The number of hydrogen-bond donors (Lipinski definition) is 1. The second kappa shape index (κ2) is 6.21. The topological polar surface area (TPSA) is 44.8 Å². The highest BCUT2D eigenvalue weighted by atomic mass is 16.5. The fourth-order valence-corrected chi connectivity index (χ4v) is 2.34. The number of allylic oxidation sites excluding steroid dienone is 2. The maximum atomic E-state index is 12.1. The van der Waals surface area contributed by atoms with Crippen LogP contribution in [0, 0.1) is 0 Å². The van der Waals surface area contributed by atoms with Gasteiger partial charge in [-0.05, 0) is 19.9 Å². The molecular weight excluding hydrogens is 242 g/mol. The Morgan fingerprint density at radius 2 is 2.05 bits per heavy atom. The Hall–Kier alpha value is -1.33. The Morgan fingerprint density at radius 3 is 2.68 bits per heavy atom. The van der Waals surface area contributed by atoms with E-state index in [1.165, 1.54) is 0 Å². The number of carbonyl (C=O) groups is 1. The maximum absolute atomic E-state index is 12.1. The molecule has 0 aromatic heterocycles. The van der Waals surface area contributed by atoms with E-state index in [1.54, 1.807) is 11.1 Å². The van der Waals surface area contributed by atoms with Crippen LogP contribution >= 0.6 is 0 Å². The van der Waals surface area contributed by atoms with Crippen molar-refractivity contribution in [2.24, 2.45) is 0 Å². The van der Waals surface area contributed by atoms with Crippen molar-refractivity contribution in [2.75, 3.05) is 39.4 Å². The molecule has 2 amide bonds. The van der Waals surface area contributed by atoms with Crippen LogP contribution < -0.4 is 5.32 Å². The number of rotatable bonds is 3. The van der Waals surface area contributed by atoms with Crippen LogP contribution in [0.3, 0.4) is 0 Å². The van der Waals surface area contributed by atoms with Crippen LogP contribution in [0.2, 0.25) is 0 Å². The molecule has 106 valence electrons. The van der Waals surface area contributed by atoms with Gasteiger partial charge < -0.3 is 10.1 Å². The van der Waals surface area contributed by atoms with Gasteiger partial charge in [0.25, 0.3) is 0 Å². The summed E-state index contributed by atoms with van der Waals surface area (Å²) in [6.45, 7) is 9.03. The molecule has 0 saturated carbocycles. The minimum atomic E-state index is -0.247. The molecule has 0 aromatic carbocycles. The molecule has 0 aliphatic carbocycles. The van der Waals surface area contributed by atoms with E-state index in [-0.39, 0.29) is 11.6 Å². The summed E-state index contributed by atoms with van der Waals surface area (Å²) >= 11 is 0. The highest BCUT2D eigenvalue weighted by Gasteiger charge is 2.26. The smallest absolute Gasteiger partial charge is 0.322 e. The highest BCUT2D eigenvalue weighted by Crippen LogP contribution is 2.09. The summed E-state index contributed by atoms with van der Waals surface area (Å²) in [6, 6.07) is -0.0427. The largest absolute Gasteiger partial charge is 0.379 e. The zero-order chi connectivity index (χ0) is 13.7. The predicted octanol–water partition coefficient (Wildman–Crippen LogP) is 1.19. The quantitative estimate of drug-likeness (QED) is 0.834. The van der Waals surface area contributed by atoms with Gasteiger partial charge in [0.05, 0.1) is 13.2 Å². The minimum Gasteiger partial charge on any atom is -0.379 e. The van der Waals surface area contributed by atoms with Crippen molar-refractivity contribution in [1.82, 2.24) is 15.1 Å². The molecule has 2 rings (SSSR count). The molecule has 0 spiro atoms. The van der Waals surface area contributed by atoms with Gasteiger partial charge in [-0.1, -0.05) is 12.2 Å². The molecule has 0 aromatic rings. The van der Waals surface area contributed by atoms with Crippen molar-refractivity contribution in [3.8, 4) is 0 Å². The molecule has 2 heterocycles. The van der Waals surface area contributed by atoms with Crippen LogP contribution in [0.4, 0.5) is 4.79 Å². The van der Waals surface area contributed by atoms with Crippen LogP contribution in [0.25, 0.3) is 0 Å². The Kier molecular flexibility index (Phi) is 4.61. The van der Waals surface area contributed by atoms with E-state index in [1.807, 2.05) is 18.2 Å². The number of morpholine rings is 1. The third kappa shape index (κ3) is 4.36. The lowest BCUT2D eigenvalue weighted by Crippen LogP contribution is -2.55. The fourth-order valence-electron chi connectivity index (χ4n) is 2.34. The number of nitrogens with zero attached hydrogens (tertiary/aromatic N) is 2. The molecule has 2 aliphatic rings. The van der Waals surface area contributed by atoms with Crippen molar-refractivity contribution in [2.45, 2.75) is 19.4 Å². The standard InChI is InChI=1S/C14H23N3O2/c1-14(2,12-16-8-10-19-11-9-16)15-13(18)17-6-4-3-5-7-17/h3-6H,7-12H2,1-2H3,(H,15,18). The summed E-state index contributed by atoms with van der Waals surface area (Å²) in [5.41, 5.74) is -0.247. The lowest BCUT2D eigenvalue weighted by atomic mass is 10.0. The van der Waals surface area contributed by atoms with E-state index in [0.717, 1.165) is 32.8 Å². The number of ether oxygens (including phenoxy) is 1. The maximum Gasteiger partial charge on any atom is 0.322 e. The van der Waals surface area contributed by atoms with Gasteiger partial charge in [0.15, 0.2) is 0 Å². The first-order chi connectivity index (χ1) is 9.07. The van der Waals surface area contributed by atoms with Crippen LogP contribution in [-0.4, -0.2) is 60.8 Å². The number of carbonyl (C=O) groups excluding carboxylic acids is 1. The summed E-state index contributed by atoms with van der Waals surface area (Å²) in [5, 5.41) is 3.09. The van der Waals surface area contributed by atoms with Crippen molar-refractivity contribution >= 4 is 6.03 Å². The van der Waals surface area contributed by atoms with Gasteiger partial charge in [0, 0.05) is 37.9 Å². The normalized spacial score (nSPS) is 20.6. The average Bonchev–Trinajstić information content (AvgIpc) is 2.39. The van der Waals surface area contributed by atoms with E-state index in [2.05, 4.69) is 24.1 Å². The van der Waals surface area contributed by atoms with E-state index in [4.69, 9.17) is 4.74 Å². The number of nitrogens with one attached hydrogen (secondary N) is 1. The van der Waals surface area contributed by atoms with Gasteiger partial charge in [-0.15, -0.1) is 0 Å². The van der Waals surface area contributed by atoms with Gasteiger partial charge in [-0.25, -0.2) is 4.79 Å². The molecule has 1 fully saturated rings. The van der Waals surface area contributed by atoms with Crippen molar-refractivity contribution in [1.29, 1.82) is 0 Å². The van der Waals surface area contributed by atoms with E-state index < -0.39 is 0 Å². The van der Waals surface area contributed by atoms with E-state index in [0.29, 0.717) is 6.54 Å². The second-order valence-electron chi connectivity index (χ2n) is 5.62. The van der Waals surface area contributed by atoms with Crippen molar-refractivity contribution in [3.63, 3.8) is 0 Å². The monoisotopic (exact) mass is 265 g/mol. The molecule has 0 unspecified atom stereocenters. The van der Waals surface area contributed by atoms with Crippen LogP contribution in [0.1, 0.15) is 13.8 Å². The predicted molar refractivity (Wildman–Crippen MR) is 74.9 cm³/mol. The summed E-state index contributed by atoms with van der Waals surface area (Å²) in [5.74, 6) is 0. The molecule has 19 heavy (non-hydrogen) atoms. The third-order valence-corrected chi connectivity index (χ3v) is 3.24. The third-order valence-electron chi connectivity index (χ3n) is 3.24. The van der Waals surface area contributed by atoms with Gasteiger partial charge in [0.1, 0.15) is 0 Å². The SMILES string of the molecule is CC(C)(CN1CCOCC1)NC(=O)N1C=CC=CC1. The molecule has 5 nitrogen and oxygen atoms in total. The Morgan fingerprint density at radius 1 is 1.32 bits per heavy atom. The first-order valence-electron chi connectivity index (χ1n) is 6.79. The Bertz CT molecular complexity index is 371. The number of amides is 2. The summed E-state index contributed by atoms with van der Waals surface area (Å²) < 4.78 is 5.34. The van der Waals surface area contributed by atoms with Gasteiger partial charge in [-0.3, -0.25) is 9.80 Å². The summed E-state index contributed by atoms with van der Waals surface area (Å²) in [7, 11) is 0. The summed E-state index contributed by atoms with van der Waals surface area (Å²) in [6.07, 6.45) is 7.59. The van der Waals surface area contributed by atoms with Crippen molar-refractivity contribution < 1.29 is 9.53 Å². The van der Waals surface area contributed by atoms with E-state index in [9.17, 15) is 4.79 Å².